The van der Waals surface area contributed by atoms with E-state index in [1.165, 1.54) is 0 Å². The molecule has 0 fully saturated rings. The summed E-state index contributed by atoms with van der Waals surface area (Å²) in [7, 11) is 0. The van der Waals surface area contributed by atoms with Crippen molar-refractivity contribution in [3.8, 4) is 11.5 Å². The van der Waals surface area contributed by atoms with Crippen molar-refractivity contribution in [1.29, 1.82) is 0 Å². The predicted octanol–water partition coefficient (Wildman–Crippen LogP) is 1.89. The van der Waals surface area contributed by atoms with Crippen molar-refractivity contribution >= 4 is 11.0 Å². The Morgan fingerprint density at radius 2 is 1.89 bits per heavy atom. The maximum absolute atomic E-state index is 10.0. The molecule has 0 saturated carbocycles. The fourth-order valence-electron chi connectivity index (χ4n) is 2.37. The minimum atomic E-state index is -0.786. The standard InChI is InChI=1S/C14H18N2O3/c1-9-15-10-6-12-13(19-5-4-18-12)7-11(10)16(9)8-14(2,3)17/h6-7,17H,4-5,8H2,1-3H3. The first kappa shape index (κ1) is 12.3. The average molecular weight is 262 g/mol. The predicted molar refractivity (Wildman–Crippen MR) is 71.8 cm³/mol. The minimum absolute atomic E-state index is 0.495. The number of imidazole rings is 1. The van der Waals surface area contributed by atoms with Gasteiger partial charge in [0.1, 0.15) is 19.0 Å². The summed E-state index contributed by atoms with van der Waals surface area (Å²) in [5.74, 6) is 2.36. The van der Waals surface area contributed by atoms with Crippen LogP contribution >= 0.6 is 0 Å². The van der Waals surface area contributed by atoms with E-state index in [4.69, 9.17) is 9.47 Å². The summed E-state index contributed by atoms with van der Waals surface area (Å²) >= 11 is 0. The number of aromatic nitrogens is 2. The zero-order valence-corrected chi connectivity index (χ0v) is 11.4. The third-order valence-electron chi connectivity index (χ3n) is 3.15. The molecular formula is C14H18N2O3. The lowest BCUT2D eigenvalue weighted by Crippen LogP contribution is -2.26. The number of hydrogen-bond acceptors (Lipinski definition) is 4. The first-order valence-corrected chi connectivity index (χ1v) is 6.43. The maximum atomic E-state index is 10.0. The summed E-state index contributed by atoms with van der Waals surface area (Å²) in [6.45, 7) is 7.15. The Hall–Kier alpha value is -1.75. The van der Waals surface area contributed by atoms with Gasteiger partial charge >= 0.3 is 0 Å². The monoisotopic (exact) mass is 262 g/mol. The topological polar surface area (TPSA) is 56.5 Å². The van der Waals surface area contributed by atoms with Crippen LogP contribution in [0.25, 0.3) is 11.0 Å². The Bertz CT molecular complexity index is 626. The summed E-state index contributed by atoms with van der Waals surface area (Å²) in [6, 6.07) is 3.84. The van der Waals surface area contributed by atoms with Gasteiger partial charge in [-0.15, -0.1) is 0 Å². The van der Waals surface area contributed by atoms with E-state index in [0.29, 0.717) is 19.8 Å². The molecule has 0 atom stereocenters. The highest BCUT2D eigenvalue weighted by atomic mass is 16.6. The molecule has 1 N–H and O–H groups in total. The Labute approximate surface area is 111 Å². The highest BCUT2D eigenvalue weighted by molar-refractivity contribution is 5.80. The van der Waals surface area contributed by atoms with E-state index in [1.807, 2.05) is 23.6 Å². The van der Waals surface area contributed by atoms with Gasteiger partial charge in [-0.25, -0.2) is 4.98 Å². The molecule has 1 aliphatic heterocycles. The molecule has 0 spiro atoms. The molecule has 2 aromatic rings. The number of nitrogens with zero attached hydrogens (tertiary/aromatic N) is 2. The molecule has 1 aromatic carbocycles. The number of ether oxygens (including phenoxy) is 2. The highest BCUT2D eigenvalue weighted by Gasteiger charge is 2.20. The van der Waals surface area contributed by atoms with Gasteiger partial charge < -0.3 is 19.1 Å². The number of hydrogen-bond donors (Lipinski definition) is 1. The molecule has 5 heteroatoms. The second-order valence-corrected chi connectivity index (χ2v) is 5.54. The van der Waals surface area contributed by atoms with E-state index in [1.54, 1.807) is 13.8 Å². The van der Waals surface area contributed by atoms with E-state index in [0.717, 1.165) is 28.4 Å². The molecule has 1 aromatic heterocycles. The van der Waals surface area contributed by atoms with Gasteiger partial charge in [-0.3, -0.25) is 0 Å². The van der Waals surface area contributed by atoms with Gasteiger partial charge in [0.05, 0.1) is 23.2 Å². The average Bonchev–Trinajstić information content (AvgIpc) is 2.61. The van der Waals surface area contributed by atoms with Gasteiger partial charge in [0.15, 0.2) is 11.5 Å². The largest absolute Gasteiger partial charge is 0.486 e. The number of rotatable bonds is 2. The molecule has 2 heterocycles. The van der Waals surface area contributed by atoms with Crippen molar-refractivity contribution < 1.29 is 14.6 Å². The molecule has 0 bridgehead atoms. The van der Waals surface area contributed by atoms with Crippen molar-refractivity contribution in [1.82, 2.24) is 9.55 Å². The molecule has 3 rings (SSSR count). The van der Waals surface area contributed by atoms with Crippen LogP contribution in [0, 0.1) is 6.92 Å². The van der Waals surface area contributed by atoms with E-state index < -0.39 is 5.60 Å². The summed E-state index contributed by atoms with van der Waals surface area (Å²) in [5, 5.41) is 10.0. The Balaban J connectivity index is 2.14. The molecule has 102 valence electrons. The molecule has 5 nitrogen and oxygen atoms in total. The van der Waals surface area contributed by atoms with Gasteiger partial charge in [-0.05, 0) is 20.8 Å². The molecule has 0 unspecified atom stereocenters. The second kappa shape index (κ2) is 4.13. The van der Waals surface area contributed by atoms with Crippen molar-refractivity contribution in [3.63, 3.8) is 0 Å². The Morgan fingerprint density at radius 1 is 1.26 bits per heavy atom. The van der Waals surface area contributed by atoms with Crippen molar-refractivity contribution in [2.45, 2.75) is 32.9 Å². The van der Waals surface area contributed by atoms with Crippen molar-refractivity contribution in [3.05, 3.63) is 18.0 Å². The zero-order chi connectivity index (χ0) is 13.6. The van der Waals surface area contributed by atoms with E-state index in [2.05, 4.69) is 4.98 Å². The van der Waals surface area contributed by atoms with Gasteiger partial charge in [-0.2, -0.15) is 0 Å². The number of aryl methyl sites for hydroxylation is 1. The van der Waals surface area contributed by atoms with Crippen LogP contribution in [-0.4, -0.2) is 33.5 Å². The lowest BCUT2D eigenvalue weighted by Gasteiger charge is -2.21. The summed E-state index contributed by atoms with van der Waals surface area (Å²) in [4.78, 5) is 4.52. The maximum Gasteiger partial charge on any atom is 0.163 e. The van der Waals surface area contributed by atoms with E-state index in [-0.39, 0.29) is 0 Å². The van der Waals surface area contributed by atoms with Gasteiger partial charge in [0.2, 0.25) is 0 Å². The normalized spacial score (nSPS) is 14.9. The third kappa shape index (κ3) is 2.26. The Kier molecular flexibility index (Phi) is 2.67. The van der Waals surface area contributed by atoms with Crippen LogP contribution < -0.4 is 9.47 Å². The molecule has 0 aliphatic carbocycles. The van der Waals surface area contributed by atoms with Crippen LogP contribution in [0.1, 0.15) is 19.7 Å². The smallest absolute Gasteiger partial charge is 0.163 e. The minimum Gasteiger partial charge on any atom is -0.486 e. The SMILES string of the molecule is Cc1nc2cc3c(cc2n1CC(C)(C)O)OCCO3. The van der Waals surface area contributed by atoms with Crippen LogP contribution in [0.15, 0.2) is 12.1 Å². The number of benzene rings is 1. The van der Waals surface area contributed by atoms with Crippen LogP contribution in [0.2, 0.25) is 0 Å². The molecule has 0 saturated heterocycles. The number of fused-ring (bicyclic) bond motifs is 2. The first-order chi connectivity index (χ1) is 8.94. The highest BCUT2D eigenvalue weighted by Crippen LogP contribution is 2.35. The third-order valence-corrected chi connectivity index (χ3v) is 3.15. The summed E-state index contributed by atoms with van der Waals surface area (Å²) in [5.41, 5.74) is 1.04. The van der Waals surface area contributed by atoms with E-state index in [9.17, 15) is 5.11 Å². The van der Waals surface area contributed by atoms with Gasteiger partial charge in [-0.1, -0.05) is 0 Å². The second-order valence-electron chi connectivity index (χ2n) is 5.54. The molecular weight excluding hydrogens is 244 g/mol. The van der Waals surface area contributed by atoms with Crippen molar-refractivity contribution in [2.24, 2.45) is 0 Å². The fraction of sp³-hybridized carbons (Fsp3) is 0.500. The number of aliphatic hydroxyl groups is 1. The summed E-state index contributed by atoms with van der Waals surface area (Å²) in [6.07, 6.45) is 0. The van der Waals surface area contributed by atoms with E-state index >= 15 is 0 Å². The van der Waals surface area contributed by atoms with Crippen LogP contribution in [0.3, 0.4) is 0 Å². The van der Waals surface area contributed by atoms with Crippen molar-refractivity contribution in [2.75, 3.05) is 13.2 Å². The first-order valence-electron chi connectivity index (χ1n) is 6.43. The summed E-state index contributed by atoms with van der Waals surface area (Å²) < 4.78 is 13.2. The fourth-order valence-corrected chi connectivity index (χ4v) is 2.37. The quantitative estimate of drug-likeness (QED) is 0.898. The van der Waals surface area contributed by atoms with Crippen LogP contribution in [0.4, 0.5) is 0 Å². The zero-order valence-electron chi connectivity index (χ0n) is 11.4. The molecule has 0 radical (unpaired) electrons. The molecule has 1 aliphatic rings. The Morgan fingerprint density at radius 3 is 2.53 bits per heavy atom. The molecule has 0 amide bonds. The van der Waals surface area contributed by atoms with Gasteiger partial charge in [0.25, 0.3) is 0 Å². The van der Waals surface area contributed by atoms with Crippen LogP contribution in [0.5, 0.6) is 11.5 Å². The lowest BCUT2D eigenvalue weighted by molar-refractivity contribution is 0.0620. The van der Waals surface area contributed by atoms with Gasteiger partial charge in [0, 0.05) is 12.1 Å². The molecule has 19 heavy (non-hydrogen) atoms. The lowest BCUT2D eigenvalue weighted by atomic mass is 10.1. The van der Waals surface area contributed by atoms with Crippen LogP contribution in [-0.2, 0) is 6.54 Å².